The van der Waals surface area contributed by atoms with E-state index in [1.165, 1.54) is 0 Å². The van der Waals surface area contributed by atoms with Crippen molar-refractivity contribution in [2.75, 3.05) is 20.3 Å². The molecule has 0 aromatic heterocycles. The lowest BCUT2D eigenvalue weighted by Gasteiger charge is -2.41. The van der Waals surface area contributed by atoms with Gasteiger partial charge in [-0.2, -0.15) is 0 Å². The van der Waals surface area contributed by atoms with Crippen LogP contribution in [0.4, 0.5) is 0 Å². The number of benzene rings is 5. The Balaban J connectivity index is 1.29. The second-order valence-corrected chi connectivity index (χ2v) is 12.4. The number of hydrogen-bond donors (Lipinski definition) is 1. The summed E-state index contributed by atoms with van der Waals surface area (Å²) >= 11 is 0. The molecule has 1 N–H and O–H groups in total. The van der Waals surface area contributed by atoms with Crippen LogP contribution in [0.5, 0.6) is 23.0 Å². The number of nitrogens with one attached hydrogen (secondary N) is 1. The van der Waals surface area contributed by atoms with Gasteiger partial charge in [-0.3, -0.25) is 4.79 Å². The molecule has 1 amide bonds. The Morgan fingerprint density at radius 1 is 0.646 bits per heavy atom. The Morgan fingerprint density at radius 3 is 1.75 bits per heavy atom. The van der Waals surface area contributed by atoms with Crippen LogP contribution in [0.2, 0.25) is 0 Å². The van der Waals surface area contributed by atoms with E-state index in [0.29, 0.717) is 57.1 Å². The first-order chi connectivity index (χ1) is 23.5. The molecular formula is C42H43NO5. The van der Waals surface area contributed by atoms with E-state index in [-0.39, 0.29) is 11.8 Å². The molecule has 1 atom stereocenters. The summed E-state index contributed by atoms with van der Waals surface area (Å²) in [5, 5.41) is 3.29. The molecule has 1 aliphatic rings. The van der Waals surface area contributed by atoms with Gasteiger partial charge in [0, 0.05) is 12.5 Å². The monoisotopic (exact) mass is 641 g/mol. The van der Waals surface area contributed by atoms with Gasteiger partial charge in [0.2, 0.25) is 5.91 Å². The predicted molar refractivity (Wildman–Crippen MR) is 189 cm³/mol. The summed E-state index contributed by atoms with van der Waals surface area (Å²) in [6.45, 7) is 4.02. The molecule has 6 rings (SSSR count). The van der Waals surface area contributed by atoms with Crippen LogP contribution in [0.25, 0.3) is 0 Å². The van der Waals surface area contributed by atoms with Crippen molar-refractivity contribution in [1.29, 1.82) is 0 Å². The van der Waals surface area contributed by atoms with Gasteiger partial charge in [0.05, 0.1) is 19.1 Å². The molecule has 0 saturated carbocycles. The molecule has 0 radical (unpaired) electrons. The number of amides is 1. The SMILES string of the molecule is CCOc1cc(C2CNC(=O)C(Cc3cccc(OCc4ccccc4)c3)(Cc3cccc(OCc4ccccc4)c3)C2)ccc1OC. The zero-order valence-electron chi connectivity index (χ0n) is 27.7. The van der Waals surface area contributed by atoms with Gasteiger partial charge < -0.3 is 24.3 Å². The van der Waals surface area contributed by atoms with Crippen molar-refractivity contribution in [3.05, 3.63) is 155 Å². The summed E-state index contributed by atoms with van der Waals surface area (Å²) in [5.41, 5.74) is 4.71. The van der Waals surface area contributed by atoms with Crippen LogP contribution in [-0.4, -0.2) is 26.2 Å². The van der Waals surface area contributed by atoms with Crippen molar-refractivity contribution in [3.63, 3.8) is 0 Å². The lowest BCUT2D eigenvalue weighted by atomic mass is 9.67. The van der Waals surface area contributed by atoms with Gasteiger partial charge >= 0.3 is 0 Å². The van der Waals surface area contributed by atoms with E-state index in [4.69, 9.17) is 18.9 Å². The third-order valence-corrected chi connectivity index (χ3v) is 8.97. The van der Waals surface area contributed by atoms with E-state index in [2.05, 4.69) is 66.0 Å². The second-order valence-electron chi connectivity index (χ2n) is 12.4. The topological polar surface area (TPSA) is 66.0 Å². The lowest BCUT2D eigenvalue weighted by Crippen LogP contribution is -2.51. The predicted octanol–water partition coefficient (Wildman–Crippen LogP) is 8.33. The average molecular weight is 642 g/mol. The summed E-state index contributed by atoms with van der Waals surface area (Å²) < 4.78 is 23.8. The molecule has 48 heavy (non-hydrogen) atoms. The summed E-state index contributed by atoms with van der Waals surface area (Å²) in [7, 11) is 1.65. The molecule has 6 heteroatoms. The van der Waals surface area contributed by atoms with Gasteiger partial charge in [0.25, 0.3) is 0 Å². The molecule has 0 spiro atoms. The smallest absolute Gasteiger partial charge is 0.226 e. The Bertz CT molecular complexity index is 1700. The first-order valence-corrected chi connectivity index (χ1v) is 16.6. The minimum atomic E-state index is -0.718. The highest BCUT2D eigenvalue weighted by molar-refractivity contribution is 5.84. The van der Waals surface area contributed by atoms with Crippen molar-refractivity contribution >= 4 is 5.91 Å². The van der Waals surface area contributed by atoms with Crippen LogP contribution < -0.4 is 24.3 Å². The van der Waals surface area contributed by atoms with E-state index >= 15 is 0 Å². The van der Waals surface area contributed by atoms with Gasteiger partial charge in [-0.25, -0.2) is 0 Å². The summed E-state index contributed by atoms with van der Waals surface area (Å²) in [6.07, 6.45) is 1.78. The first kappa shape index (κ1) is 32.7. The largest absolute Gasteiger partial charge is 0.493 e. The summed E-state index contributed by atoms with van der Waals surface area (Å²) in [5.74, 6) is 3.13. The van der Waals surface area contributed by atoms with Crippen LogP contribution in [0.1, 0.15) is 47.1 Å². The number of carbonyl (C=O) groups is 1. The Hall–Kier alpha value is -5.23. The highest BCUT2D eigenvalue weighted by Gasteiger charge is 2.44. The molecule has 1 aliphatic heterocycles. The second kappa shape index (κ2) is 15.6. The van der Waals surface area contributed by atoms with E-state index in [0.717, 1.165) is 39.3 Å². The Kier molecular flexibility index (Phi) is 10.6. The van der Waals surface area contributed by atoms with Gasteiger partial charge in [-0.1, -0.05) is 91.0 Å². The van der Waals surface area contributed by atoms with Crippen molar-refractivity contribution < 1.29 is 23.7 Å². The molecule has 1 heterocycles. The molecular weight excluding hydrogens is 598 g/mol. The Labute approximate surface area is 283 Å². The van der Waals surface area contributed by atoms with Crippen LogP contribution in [0, 0.1) is 5.41 Å². The highest BCUT2D eigenvalue weighted by atomic mass is 16.5. The average Bonchev–Trinajstić information content (AvgIpc) is 3.12. The van der Waals surface area contributed by atoms with Gasteiger partial charge in [-0.15, -0.1) is 0 Å². The van der Waals surface area contributed by atoms with Crippen LogP contribution in [0.3, 0.4) is 0 Å². The van der Waals surface area contributed by atoms with Crippen molar-refractivity contribution in [3.8, 4) is 23.0 Å². The summed E-state index contributed by atoms with van der Waals surface area (Å²) in [6, 6.07) is 42.7. The standard InChI is InChI=1S/C42H43NO5/c1-3-46-40-24-35(20-21-39(40)45-2)36-27-42(41(44)43-28-36,25-33-16-10-18-37(22-33)47-29-31-12-6-4-7-13-31)26-34-17-11-19-38(23-34)48-30-32-14-8-5-9-15-32/h4-24,36H,3,25-30H2,1-2H3,(H,43,44). The molecule has 5 aromatic rings. The maximum atomic E-state index is 14.1. The van der Waals surface area contributed by atoms with Crippen LogP contribution >= 0.6 is 0 Å². The zero-order valence-corrected chi connectivity index (χ0v) is 27.7. The maximum Gasteiger partial charge on any atom is 0.226 e. The van der Waals surface area contributed by atoms with Crippen molar-refractivity contribution in [2.45, 2.75) is 45.3 Å². The van der Waals surface area contributed by atoms with Crippen molar-refractivity contribution in [2.24, 2.45) is 5.41 Å². The van der Waals surface area contributed by atoms with E-state index < -0.39 is 5.41 Å². The number of methoxy groups -OCH3 is 1. The lowest BCUT2D eigenvalue weighted by molar-refractivity contribution is -0.134. The van der Waals surface area contributed by atoms with Crippen molar-refractivity contribution in [1.82, 2.24) is 5.32 Å². The maximum absolute atomic E-state index is 14.1. The quantitative estimate of drug-likeness (QED) is 0.132. The third-order valence-electron chi connectivity index (χ3n) is 8.97. The third kappa shape index (κ3) is 8.18. The Morgan fingerprint density at radius 2 is 1.21 bits per heavy atom. The molecule has 246 valence electrons. The zero-order chi connectivity index (χ0) is 33.2. The fourth-order valence-electron chi connectivity index (χ4n) is 6.61. The molecule has 0 aliphatic carbocycles. The number of rotatable bonds is 14. The fourth-order valence-corrected chi connectivity index (χ4v) is 6.61. The van der Waals surface area contributed by atoms with E-state index in [1.54, 1.807) is 7.11 Å². The number of piperidine rings is 1. The van der Waals surface area contributed by atoms with E-state index in [1.807, 2.05) is 73.7 Å². The van der Waals surface area contributed by atoms with E-state index in [9.17, 15) is 4.79 Å². The molecule has 0 bridgehead atoms. The number of carbonyl (C=O) groups excluding carboxylic acids is 1. The molecule has 6 nitrogen and oxygen atoms in total. The number of hydrogen-bond acceptors (Lipinski definition) is 5. The normalized spacial score (nSPS) is 15.3. The molecule has 1 saturated heterocycles. The van der Waals surface area contributed by atoms with Crippen LogP contribution in [0.15, 0.2) is 127 Å². The van der Waals surface area contributed by atoms with Gasteiger partial charge in [-0.05, 0) is 90.4 Å². The fraction of sp³-hybridized carbons (Fsp3) is 0.262. The minimum Gasteiger partial charge on any atom is -0.493 e. The summed E-state index contributed by atoms with van der Waals surface area (Å²) in [4.78, 5) is 14.1. The minimum absolute atomic E-state index is 0.0588. The number of ether oxygens (including phenoxy) is 4. The molecule has 1 fully saturated rings. The highest BCUT2D eigenvalue weighted by Crippen LogP contribution is 2.43. The first-order valence-electron chi connectivity index (χ1n) is 16.6. The molecule has 5 aromatic carbocycles. The van der Waals surface area contributed by atoms with Gasteiger partial charge in [0.1, 0.15) is 24.7 Å². The molecule has 1 unspecified atom stereocenters. The van der Waals surface area contributed by atoms with Crippen LogP contribution in [-0.2, 0) is 30.8 Å². The van der Waals surface area contributed by atoms with Gasteiger partial charge in [0.15, 0.2) is 11.5 Å².